The summed E-state index contributed by atoms with van der Waals surface area (Å²) in [5, 5.41) is 0. The first-order valence-electron chi connectivity index (χ1n) is 6.03. The molecule has 0 unspecified atom stereocenters. The third kappa shape index (κ3) is 5.25. The number of halogens is 3. The SMILES string of the molecule is CCCCOC(=O)NS(=O)(=O)c1ccc(C(F)(F)F)cc1. The van der Waals surface area contributed by atoms with Crippen molar-refractivity contribution in [3.8, 4) is 0 Å². The molecule has 0 spiro atoms. The number of nitrogens with one attached hydrogen (secondary N) is 1. The van der Waals surface area contributed by atoms with Crippen LogP contribution in [0, 0.1) is 0 Å². The van der Waals surface area contributed by atoms with Crippen LogP contribution < -0.4 is 4.72 Å². The predicted molar refractivity (Wildman–Crippen MR) is 68.0 cm³/mol. The molecule has 0 aromatic heterocycles. The summed E-state index contributed by atoms with van der Waals surface area (Å²) in [5.74, 6) is 0. The molecule has 0 atom stereocenters. The Kier molecular flexibility index (Phi) is 5.59. The van der Waals surface area contributed by atoms with E-state index in [1.54, 1.807) is 4.72 Å². The zero-order valence-electron chi connectivity index (χ0n) is 11.1. The molecule has 1 amide bonds. The van der Waals surface area contributed by atoms with Gasteiger partial charge in [-0.15, -0.1) is 0 Å². The highest BCUT2D eigenvalue weighted by Gasteiger charge is 2.30. The number of carbonyl (C=O) groups excluding carboxylic acids is 1. The second-order valence-electron chi connectivity index (χ2n) is 4.12. The summed E-state index contributed by atoms with van der Waals surface area (Å²) in [4.78, 5) is 10.8. The molecule has 0 bridgehead atoms. The number of hydrogen-bond acceptors (Lipinski definition) is 4. The molecule has 0 fully saturated rings. The van der Waals surface area contributed by atoms with Gasteiger partial charge in [0.05, 0.1) is 17.1 Å². The Morgan fingerprint density at radius 3 is 2.29 bits per heavy atom. The fraction of sp³-hybridized carbons (Fsp3) is 0.417. The van der Waals surface area contributed by atoms with Gasteiger partial charge < -0.3 is 4.74 Å². The van der Waals surface area contributed by atoms with E-state index in [-0.39, 0.29) is 6.61 Å². The Bertz CT molecular complexity index is 582. The molecule has 0 aliphatic heterocycles. The van der Waals surface area contributed by atoms with E-state index in [0.29, 0.717) is 18.6 Å². The van der Waals surface area contributed by atoms with Gasteiger partial charge in [-0.25, -0.2) is 17.9 Å². The third-order valence-electron chi connectivity index (χ3n) is 2.44. The van der Waals surface area contributed by atoms with Crippen LogP contribution in [-0.4, -0.2) is 21.1 Å². The number of carbonyl (C=O) groups is 1. The first-order valence-corrected chi connectivity index (χ1v) is 7.52. The minimum atomic E-state index is -4.56. The van der Waals surface area contributed by atoms with Crippen LogP contribution in [0.5, 0.6) is 0 Å². The van der Waals surface area contributed by atoms with E-state index < -0.39 is 32.8 Å². The van der Waals surface area contributed by atoms with E-state index in [0.717, 1.165) is 18.6 Å². The van der Waals surface area contributed by atoms with Crippen LogP contribution in [0.1, 0.15) is 25.3 Å². The van der Waals surface area contributed by atoms with Gasteiger partial charge in [0.25, 0.3) is 10.0 Å². The molecule has 0 aliphatic rings. The lowest BCUT2D eigenvalue weighted by atomic mass is 10.2. The molecule has 0 aliphatic carbocycles. The minimum Gasteiger partial charge on any atom is -0.449 e. The van der Waals surface area contributed by atoms with Crippen molar-refractivity contribution >= 4 is 16.1 Å². The van der Waals surface area contributed by atoms with E-state index >= 15 is 0 Å². The molecule has 1 N–H and O–H groups in total. The van der Waals surface area contributed by atoms with Crippen molar-refractivity contribution in [2.45, 2.75) is 30.8 Å². The van der Waals surface area contributed by atoms with Crippen LogP contribution in [0.2, 0.25) is 0 Å². The van der Waals surface area contributed by atoms with E-state index in [9.17, 15) is 26.4 Å². The largest absolute Gasteiger partial charge is 0.449 e. The van der Waals surface area contributed by atoms with Gasteiger partial charge in [-0.2, -0.15) is 13.2 Å². The van der Waals surface area contributed by atoms with Crippen molar-refractivity contribution in [2.75, 3.05) is 6.61 Å². The topological polar surface area (TPSA) is 72.5 Å². The number of amides is 1. The molecular weight excluding hydrogens is 311 g/mol. The van der Waals surface area contributed by atoms with Crippen molar-refractivity contribution in [1.82, 2.24) is 4.72 Å². The van der Waals surface area contributed by atoms with Gasteiger partial charge in [0.2, 0.25) is 0 Å². The Morgan fingerprint density at radius 2 is 1.81 bits per heavy atom. The lowest BCUT2D eigenvalue weighted by Gasteiger charge is -2.09. The maximum atomic E-state index is 12.4. The van der Waals surface area contributed by atoms with E-state index in [1.165, 1.54) is 0 Å². The van der Waals surface area contributed by atoms with Crippen molar-refractivity contribution < 1.29 is 31.1 Å². The van der Waals surface area contributed by atoms with Gasteiger partial charge in [0.15, 0.2) is 0 Å². The second-order valence-corrected chi connectivity index (χ2v) is 5.80. The highest BCUT2D eigenvalue weighted by molar-refractivity contribution is 7.90. The number of benzene rings is 1. The van der Waals surface area contributed by atoms with Crippen LogP contribution in [0.3, 0.4) is 0 Å². The zero-order chi connectivity index (χ0) is 16.1. The molecule has 21 heavy (non-hydrogen) atoms. The van der Waals surface area contributed by atoms with Crippen LogP contribution in [0.25, 0.3) is 0 Å². The van der Waals surface area contributed by atoms with Crippen molar-refractivity contribution in [2.24, 2.45) is 0 Å². The molecule has 0 saturated heterocycles. The molecule has 0 saturated carbocycles. The maximum Gasteiger partial charge on any atom is 0.421 e. The smallest absolute Gasteiger partial charge is 0.421 e. The van der Waals surface area contributed by atoms with Crippen molar-refractivity contribution in [1.29, 1.82) is 0 Å². The second kappa shape index (κ2) is 6.79. The molecule has 0 heterocycles. The quantitative estimate of drug-likeness (QED) is 0.845. The van der Waals surface area contributed by atoms with Gasteiger partial charge in [-0.05, 0) is 30.7 Å². The molecular formula is C12H14F3NO4S. The monoisotopic (exact) mass is 325 g/mol. The first kappa shape index (κ1) is 17.3. The maximum absolute atomic E-state index is 12.4. The fourth-order valence-corrected chi connectivity index (χ4v) is 2.22. The van der Waals surface area contributed by atoms with E-state index in [4.69, 9.17) is 0 Å². The Labute approximate surface area is 120 Å². The summed E-state index contributed by atoms with van der Waals surface area (Å²) in [6.07, 6.45) is -4.38. The number of rotatable bonds is 5. The summed E-state index contributed by atoms with van der Waals surface area (Å²) >= 11 is 0. The molecule has 9 heteroatoms. The Balaban J connectivity index is 2.77. The molecule has 1 aromatic rings. The molecule has 0 radical (unpaired) electrons. The summed E-state index contributed by atoms with van der Waals surface area (Å²) in [6.45, 7) is 1.92. The molecule has 5 nitrogen and oxygen atoms in total. The highest BCUT2D eigenvalue weighted by Crippen LogP contribution is 2.29. The van der Waals surface area contributed by atoms with Crippen LogP contribution >= 0.6 is 0 Å². The highest BCUT2D eigenvalue weighted by atomic mass is 32.2. The normalized spacial score (nSPS) is 12.0. The van der Waals surface area contributed by atoms with Gasteiger partial charge in [0.1, 0.15) is 0 Å². The van der Waals surface area contributed by atoms with Crippen molar-refractivity contribution in [3.63, 3.8) is 0 Å². The summed E-state index contributed by atoms with van der Waals surface area (Å²) < 4.78 is 66.8. The van der Waals surface area contributed by atoms with Gasteiger partial charge in [0, 0.05) is 0 Å². The van der Waals surface area contributed by atoms with Crippen LogP contribution in [0.4, 0.5) is 18.0 Å². The van der Waals surface area contributed by atoms with Gasteiger partial charge in [-0.3, -0.25) is 0 Å². The number of unbranched alkanes of at least 4 members (excludes halogenated alkanes) is 1. The summed E-state index contributed by atoms with van der Waals surface area (Å²) in [7, 11) is -4.25. The van der Waals surface area contributed by atoms with E-state index in [2.05, 4.69) is 4.74 Å². The zero-order valence-corrected chi connectivity index (χ0v) is 11.9. The molecule has 118 valence electrons. The standard InChI is InChI=1S/C12H14F3NO4S/c1-2-3-8-20-11(17)16-21(18,19)10-6-4-9(5-7-10)12(13,14)15/h4-7H,2-3,8H2,1H3,(H,16,17). The van der Waals surface area contributed by atoms with Gasteiger partial charge >= 0.3 is 12.3 Å². The molecule has 1 aromatic carbocycles. The predicted octanol–water partition coefficient (Wildman–Crippen LogP) is 2.92. The Morgan fingerprint density at radius 1 is 1.24 bits per heavy atom. The van der Waals surface area contributed by atoms with Crippen LogP contribution in [0.15, 0.2) is 29.2 Å². The summed E-state index contributed by atoms with van der Waals surface area (Å²) in [5.41, 5.74) is -0.980. The third-order valence-corrected chi connectivity index (χ3v) is 3.77. The average molecular weight is 325 g/mol. The summed E-state index contributed by atoms with van der Waals surface area (Å²) in [6, 6.07) is 2.78. The van der Waals surface area contributed by atoms with E-state index in [1.807, 2.05) is 6.92 Å². The average Bonchev–Trinajstić information content (AvgIpc) is 2.37. The lowest BCUT2D eigenvalue weighted by molar-refractivity contribution is -0.137. The fourth-order valence-electron chi connectivity index (χ4n) is 1.33. The first-order chi connectivity index (χ1) is 9.66. The lowest BCUT2D eigenvalue weighted by Crippen LogP contribution is -2.31. The minimum absolute atomic E-state index is 0.0604. The number of ether oxygens (including phenoxy) is 1. The van der Waals surface area contributed by atoms with Crippen molar-refractivity contribution in [3.05, 3.63) is 29.8 Å². The Hall–Kier alpha value is -1.77. The van der Waals surface area contributed by atoms with Crippen LogP contribution in [-0.2, 0) is 20.9 Å². The van der Waals surface area contributed by atoms with Gasteiger partial charge in [-0.1, -0.05) is 13.3 Å². The number of hydrogen-bond donors (Lipinski definition) is 1. The number of sulfonamides is 1. The molecule has 1 rings (SSSR count). The number of alkyl halides is 3.